The predicted molar refractivity (Wildman–Crippen MR) is 263 cm³/mol. The average molecular weight is 792 g/mol. The van der Waals surface area contributed by atoms with Crippen molar-refractivity contribution in [3.63, 3.8) is 0 Å². The van der Waals surface area contributed by atoms with Gasteiger partial charge in [0.2, 0.25) is 0 Å². The monoisotopic (exact) mass is 792 g/mol. The van der Waals surface area contributed by atoms with E-state index in [0.29, 0.717) is 0 Å². The fourth-order valence-electron chi connectivity index (χ4n) is 8.84. The van der Waals surface area contributed by atoms with E-state index in [4.69, 9.17) is 0 Å². The highest BCUT2D eigenvalue weighted by Crippen LogP contribution is 2.19. The van der Waals surface area contributed by atoms with Crippen LogP contribution in [0.3, 0.4) is 0 Å². The predicted octanol–water partition coefficient (Wildman–Crippen LogP) is 21.0. The van der Waals surface area contributed by atoms with Crippen molar-refractivity contribution in [1.82, 2.24) is 4.98 Å². The first-order valence-corrected chi connectivity index (χ1v) is 26.9. The van der Waals surface area contributed by atoms with Gasteiger partial charge >= 0.3 is 0 Å². The number of aromatic nitrogens is 1. The van der Waals surface area contributed by atoms with Gasteiger partial charge < -0.3 is 4.98 Å². The van der Waals surface area contributed by atoms with E-state index in [0.717, 1.165) is 0 Å². The summed E-state index contributed by atoms with van der Waals surface area (Å²) in [5, 5.41) is 0. The molecule has 0 spiro atoms. The molecule has 0 fully saturated rings. The molecule has 0 saturated heterocycles. The molecule has 1 heterocycles. The molecule has 0 atom stereocenters. The van der Waals surface area contributed by atoms with Gasteiger partial charge in [-0.3, -0.25) is 0 Å². The molecule has 1 nitrogen and oxygen atoms in total. The molecule has 0 bridgehead atoms. The Kier molecular flexibility index (Phi) is 44.8. The van der Waals surface area contributed by atoms with Gasteiger partial charge in [-0.25, -0.2) is 0 Å². The van der Waals surface area contributed by atoms with Crippen LogP contribution in [-0.2, 0) is 0 Å². The van der Waals surface area contributed by atoms with E-state index in [9.17, 15) is 0 Å². The van der Waals surface area contributed by atoms with Crippen molar-refractivity contribution in [2.75, 3.05) is 0 Å². The molecule has 0 aromatic carbocycles. The fraction of sp³-hybridized carbons (Fsp3) is 0.857. The Balaban J connectivity index is 1.80. The lowest BCUT2D eigenvalue weighted by atomic mass is 10.0. The van der Waals surface area contributed by atoms with Gasteiger partial charge in [0, 0.05) is 11.9 Å². The molecule has 334 valence electrons. The molecule has 0 aliphatic rings. The van der Waals surface area contributed by atoms with Crippen molar-refractivity contribution in [1.29, 1.82) is 0 Å². The van der Waals surface area contributed by atoms with Crippen molar-refractivity contribution in [3.8, 4) is 0 Å². The Morgan fingerprint density at radius 2 is 0.526 bits per heavy atom. The van der Waals surface area contributed by atoms with Crippen molar-refractivity contribution in [2.24, 2.45) is 0 Å². The van der Waals surface area contributed by atoms with Crippen LogP contribution < -0.4 is 0 Å². The first kappa shape index (κ1) is 53.8. The molecular weight excluding hydrogens is 687 g/mol. The number of H-pyrrole nitrogens is 1. The SMILES string of the molecule is CCCCCCCCCCCCCCCCCCCCCCCC/C=C/c1cc[nH]c1/C=C/CCCCCCCCCCCCCCCCCCCCCCCC. The van der Waals surface area contributed by atoms with Crippen molar-refractivity contribution >= 4 is 12.2 Å². The minimum Gasteiger partial charge on any atom is -0.361 e. The third-order valence-corrected chi connectivity index (χ3v) is 12.8. The molecule has 0 saturated carbocycles. The second kappa shape index (κ2) is 47.4. The van der Waals surface area contributed by atoms with Gasteiger partial charge in [0.15, 0.2) is 0 Å². The summed E-state index contributed by atoms with van der Waals surface area (Å²) < 4.78 is 0. The number of unbranched alkanes of at least 4 members (excludes halogenated alkanes) is 44. The van der Waals surface area contributed by atoms with Crippen LogP contribution in [0.2, 0.25) is 0 Å². The van der Waals surface area contributed by atoms with Crippen LogP contribution in [0.1, 0.15) is 320 Å². The van der Waals surface area contributed by atoms with Crippen LogP contribution >= 0.6 is 0 Å². The summed E-state index contributed by atoms with van der Waals surface area (Å²) in [6.45, 7) is 4.62. The highest BCUT2D eigenvalue weighted by atomic mass is 14.7. The minimum absolute atomic E-state index is 1.21. The van der Waals surface area contributed by atoms with Crippen LogP contribution in [0.15, 0.2) is 24.4 Å². The zero-order chi connectivity index (χ0) is 40.6. The van der Waals surface area contributed by atoms with Crippen LogP contribution in [0.25, 0.3) is 12.2 Å². The Labute approximate surface area is 360 Å². The molecule has 1 rings (SSSR count). The van der Waals surface area contributed by atoms with Crippen LogP contribution in [0.4, 0.5) is 0 Å². The smallest absolute Gasteiger partial charge is 0.0450 e. The second-order valence-corrected chi connectivity index (χ2v) is 18.6. The highest BCUT2D eigenvalue weighted by Gasteiger charge is 1.99. The van der Waals surface area contributed by atoms with Crippen molar-refractivity contribution in [2.45, 2.75) is 309 Å². The van der Waals surface area contributed by atoms with Gasteiger partial charge in [-0.05, 0) is 43.4 Å². The van der Waals surface area contributed by atoms with E-state index in [-0.39, 0.29) is 0 Å². The molecule has 1 aromatic rings. The number of aromatic amines is 1. The van der Waals surface area contributed by atoms with E-state index in [1.807, 2.05) is 0 Å². The number of hydrogen-bond donors (Lipinski definition) is 1. The Morgan fingerprint density at radius 1 is 0.298 bits per heavy atom. The van der Waals surface area contributed by atoms with Crippen molar-refractivity contribution < 1.29 is 0 Å². The largest absolute Gasteiger partial charge is 0.361 e. The van der Waals surface area contributed by atoms with Crippen LogP contribution in [0.5, 0.6) is 0 Å². The highest BCUT2D eigenvalue weighted by molar-refractivity contribution is 5.62. The van der Waals surface area contributed by atoms with E-state index in [1.54, 1.807) is 0 Å². The minimum atomic E-state index is 1.21. The maximum Gasteiger partial charge on any atom is 0.0450 e. The Morgan fingerprint density at radius 3 is 0.789 bits per heavy atom. The molecule has 1 N–H and O–H groups in total. The van der Waals surface area contributed by atoms with Gasteiger partial charge in [0.25, 0.3) is 0 Å². The molecule has 0 aliphatic heterocycles. The second-order valence-electron chi connectivity index (χ2n) is 18.6. The average Bonchev–Trinajstić information content (AvgIpc) is 3.68. The summed E-state index contributed by atoms with van der Waals surface area (Å²) in [7, 11) is 0. The van der Waals surface area contributed by atoms with Crippen LogP contribution in [-0.4, -0.2) is 4.98 Å². The summed E-state index contributed by atoms with van der Waals surface area (Å²) in [6, 6.07) is 2.23. The summed E-state index contributed by atoms with van der Waals surface area (Å²) in [4.78, 5) is 3.45. The summed E-state index contributed by atoms with van der Waals surface area (Å²) >= 11 is 0. The van der Waals surface area contributed by atoms with E-state index in [2.05, 4.69) is 55.4 Å². The number of allylic oxidation sites excluding steroid dienone is 2. The zero-order valence-corrected chi connectivity index (χ0v) is 39.5. The lowest BCUT2D eigenvalue weighted by Gasteiger charge is -2.04. The normalized spacial score (nSPS) is 12.0. The Bertz CT molecular complexity index is 849. The molecule has 1 aromatic heterocycles. The molecule has 0 unspecified atom stereocenters. The Hall–Kier alpha value is -1.24. The quantitative estimate of drug-likeness (QED) is 0.0633. The van der Waals surface area contributed by atoms with Gasteiger partial charge in [0.1, 0.15) is 0 Å². The third kappa shape index (κ3) is 41.3. The maximum absolute atomic E-state index is 3.45. The maximum atomic E-state index is 3.45. The lowest BCUT2D eigenvalue weighted by Crippen LogP contribution is -1.84. The summed E-state index contributed by atoms with van der Waals surface area (Å²) in [5.41, 5.74) is 2.62. The zero-order valence-electron chi connectivity index (χ0n) is 39.5. The standard InChI is InChI=1S/C56H105N/c1-3-5-7-9-11-13-15-17-19-21-23-25-27-29-31-33-35-37-39-41-43-45-47-49-51-55-53-54-57-56(55)52-50-48-46-44-42-40-38-36-34-32-30-28-26-24-22-20-18-16-14-12-10-8-6-4-2/h49-54,57H,3-48H2,1-2H3/b51-49+,52-50+. The molecular formula is C56H105N. The molecule has 1 heteroatoms. The summed E-state index contributed by atoms with van der Waals surface area (Å²) in [6.07, 6.45) is 77.9. The molecule has 57 heavy (non-hydrogen) atoms. The summed E-state index contributed by atoms with van der Waals surface area (Å²) in [5.74, 6) is 0. The topological polar surface area (TPSA) is 15.8 Å². The van der Waals surface area contributed by atoms with Gasteiger partial charge in [-0.2, -0.15) is 0 Å². The van der Waals surface area contributed by atoms with Gasteiger partial charge in [-0.15, -0.1) is 0 Å². The first-order valence-electron chi connectivity index (χ1n) is 26.9. The van der Waals surface area contributed by atoms with Crippen LogP contribution in [0, 0.1) is 0 Å². The number of rotatable bonds is 48. The fourth-order valence-corrected chi connectivity index (χ4v) is 8.84. The lowest BCUT2D eigenvalue weighted by molar-refractivity contribution is 0.519. The molecule has 0 aliphatic carbocycles. The van der Waals surface area contributed by atoms with Crippen molar-refractivity contribution in [3.05, 3.63) is 35.7 Å². The first-order chi connectivity index (χ1) is 28.4. The third-order valence-electron chi connectivity index (χ3n) is 12.8. The molecule has 0 amide bonds. The van der Waals surface area contributed by atoms with Gasteiger partial charge in [-0.1, -0.05) is 302 Å². The molecule has 0 radical (unpaired) electrons. The van der Waals surface area contributed by atoms with E-state index >= 15 is 0 Å². The van der Waals surface area contributed by atoms with E-state index in [1.165, 1.54) is 307 Å². The number of hydrogen-bond acceptors (Lipinski definition) is 0. The number of nitrogens with one attached hydrogen (secondary N) is 1. The van der Waals surface area contributed by atoms with E-state index < -0.39 is 0 Å². The van der Waals surface area contributed by atoms with Gasteiger partial charge in [0.05, 0.1) is 0 Å².